The summed E-state index contributed by atoms with van der Waals surface area (Å²) in [7, 11) is 0. The van der Waals surface area contributed by atoms with Crippen LogP contribution in [0.1, 0.15) is 49.6 Å². The van der Waals surface area contributed by atoms with Gasteiger partial charge in [-0.25, -0.2) is 0 Å². The normalized spacial score (nSPS) is 18.1. The molecule has 0 saturated carbocycles. The highest BCUT2D eigenvalue weighted by Gasteiger charge is 2.20. The molecule has 0 bridgehead atoms. The Kier molecular flexibility index (Phi) is 5.40. The van der Waals surface area contributed by atoms with Crippen LogP contribution in [0, 0.1) is 0 Å². The predicted molar refractivity (Wildman–Crippen MR) is 80.5 cm³/mol. The van der Waals surface area contributed by atoms with Gasteiger partial charge in [-0.15, -0.1) is 11.3 Å². The molecule has 19 heavy (non-hydrogen) atoms. The molecule has 106 valence electrons. The monoisotopic (exact) mass is 280 g/mol. The predicted octanol–water partition coefficient (Wildman–Crippen LogP) is 2.97. The lowest BCUT2D eigenvalue weighted by atomic mass is 9.94. The molecule has 0 radical (unpaired) electrons. The summed E-state index contributed by atoms with van der Waals surface area (Å²) in [6.07, 6.45) is 4.29. The van der Waals surface area contributed by atoms with E-state index in [1.807, 2.05) is 30.1 Å². The first kappa shape index (κ1) is 14.5. The van der Waals surface area contributed by atoms with Crippen LogP contribution in [0.2, 0.25) is 0 Å². The van der Waals surface area contributed by atoms with Gasteiger partial charge in [-0.05, 0) is 50.1 Å². The van der Waals surface area contributed by atoms with Gasteiger partial charge in [0.25, 0.3) is 0 Å². The van der Waals surface area contributed by atoms with E-state index in [1.54, 1.807) is 0 Å². The van der Waals surface area contributed by atoms with E-state index in [2.05, 4.69) is 16.8 Å². The highest BCUT2D eigenvalue weighted by molar-refractivity contribution is 7.10. The molecule has 0 fully saturated rings. The maximum Gasteiger partial charge on any atom is 0.223 e. The Morgan fingerprint density at radius 2 is 2.26 bits per heavy atom. The summed E-state index contributed by atoms with van der Waals surface area (Å²) in [6.45, 7) is 6.48. The topological polar surface area (TPSA) is 32.3 Å². The molecular weight excluding hydrogens is 256 g/mol. The number of nitrogens with one attached hydrogen (secondary N) is 1. The number of carbonyl (C=O) groups excluding carboxylic acids is 1. The van der Waals surface area contributed by atoms with Gasteiger partial charge in [0, 0.05) is 37.0 Å². The van der Waals surface area contributed by atoms with Crippen molar-refractivity contribution in [3.05, 3.63) is 21.9 Å². The number of aryl methyl sites for hydroxylation is 1. The average Bonchev–Trinajstić information content (AvgIpc) is 2.89. The van der Waals surface area contributed by atoms with Crippen LogP contribution in [-0.2, 0) is 11.2 Å². The second-order valence-corrected chi connectivity index (χ2v) is 6.01. The fourth-order valence-electron chi connectivity index (χ4n) is 2.79. The van der Waals surface area contributed by atoms with E-state index in [4.69, 9.17) is 0 Å². The molecule has 0 saturated heterocycles. The molecule has 1 aliphatic carbocycles. The first-order chi connectivity index (χ1) is 9.26. The van der Waals surface area contributed by atoms with E-state index in [1.165, 1.54) is 29.7 Å². The zero-order chi connectivity index (χ0) is 13.7. The number of nitrogens with zero attached hydrogens (tertiary/aromatic N) is 1. The van der Waals surface area contributed by atoms with Gasteiger partial charge in [-0.3, -0.25) is 4.79 Å². The van der Waals surface area contributed by atoms with Gasteiger partial charge in [0.2, 0.25) is 5.91 Å². The van der Waals surface area contributed by atoms with Crippen LogP contribution in [0.5, 0.6) is 0 Å². The first-order valence-corrected chi connectivity index (χ1v) is 8.21. The van der Waals surface area contributed by atoms with Gasteiger partial charge >= 0.3 is 0 Å². The van der Waals surface area contributed by atoms with Crippen LogP contribution >= 0.6 is 11.3 Å². The smallest absolute Gasteiger partial charge is 0.223 e. The summed E-state index contributed by atoms with van der Waals surface area (Å²) >= 11 is 1.87. The van der Waals surface area contributed by atoms with E-state index >= 15 is 0 Å². The minimum Gasteiger partial charge on any atom is -0.343 e. The molecule has 0 aliphatic heterocycles. The number of rotatable bonds is 6. The van der Waals surface area contributed by atoms with E-state index < -0.39 is 0 Å². The van der Waals surface area contributed by atoms with Crippen molar-refractivity contribution in [2.75, 3.05) is 19.6 Å². The molecule has 1 unspecified atom stereocenters. The molecule has 2 rings (SSSR count). The molecule has 4 heteroatoms. The molecule has 1 heterocycles. The van der Waals surface area contributed by atoms with Crippen molar-refractivity contribution >= 4 is 17.2 Å². The Morgan fingerprint density at radius 1 is 1.47 bits per heavy atom. The number of amides is 1. The van der Waals surface area contributed by atoms with Crippen molar-refractivity contribution in [3.8, 4) is 0 Å². The maximum atomic E-state index is 11.9. The van der Waals surface area contributed by atoms with E-state index in [0.29, 0.717) is 12.5 Å². The van der Waals surface area contributed by atoms with Crippen LogP contribution in [-0.4, -0.2) is 30.4 Å². The van der Waals surface area contributed by atoms with Gasteiger partial charge < -0.3 is 10.2 Å². The van der Waals surface area contributed by atoms with Gasteiger partial charge in [0.1, 0.15) is 0 Å². The highest BCUT2D eigenvalue weighted by atomic mass is 32.1. The number of hydrogen-bond acceptors (Lipinski definition) is 3. The summed E-state index contributed by atoms with van der Waals surface area (Å²) < 4.78 is 0. The zero-order valence-corrected chi connectivity index (χ0v) is 12.8. The Morgan fingerprint density at radius 3 is 3.00 bits per heavy atom. The standard InChI is InChI=1S/C15H24N2OS/c1-3-17(4-2)15(18)8-10-16-13-6-5-7-14-12(13)9-11-19-14/h9,11,13,16H,3-8,10H2,1-2H3. The molecule has 1 N–H and O–H groups in total. The van der Waals surface area contributed by atoms with E-state index in [0.717, 1.165) is 19.6 Å². The summed E-state index contributed by atoms with van der Waals surface area (Å²) in [6, 6.07) is 2.70. The lowest BCUT2D eigenvalue weighted by Gasteiger charge is -2.24. The van der Waals surface area contributed by atoms with Crippen LogP contribution < -0.4 is 5.32 Å². The summed E-state index contributed by atoms with van der Waals surface area (Å²) in [5.74, 6) is 0.263. The third kappa shape index (κ3) is 3.57. The quantitative estimate of drug-likeness (QED) is 0.869. The second kappa shape index (κ2) is 7.06. The largest absolute Gasteiger partial charge is 0.343 e. The SMILES string of the molecule is CCN(CC)C(=O)CCNC1CCCc2sccc21. The lowest BCUT2D eigenvalue weighted by molar-refractivity contribution is -0.130. The van der Waals surface area contributed by atoms with Crippen molar-refractivity contribution in [1.82, 2.24) is 10.2 Å². The summed E-state index contributed by atoms with van der Waals surface area (Å²) in [4.78, 5) is 15.4. The number of fused-ring (bicyclic) bond motifs is 1. The van der Waals surface area contributed by atoms with Crippen molar-refractivity contribution in [2.24, 2.45) is 0 Å². The Hall–Kier alpha value is -0.870. The third-order valence-electron chi connectivity index (χ3n) is 3.90. The molecule has 0 spiro atoms. The van der Waals surface area contributed by atoms with Gasteiger partial charge in [0.05, 0.1) is 0 Å². The van der Waals surface area contributed by atoms with Gasteiger partial charge in [-0.2, -0.15) is 0 Å². The molecule has 1 amide bonds. The average molecular weight is 280 g/mol. The van der Waals surface area contributed by atoms with Crippen LogP contribution in [0.15, 0.2) is 11.4 Å². The van der Waals surface area contributed by atoms with Crippen LogP contribution in [0.4, 0.5) is 0 Å². The second-order valence-electron chi connectivity index (χ2n) is 5.01. The van der Waals surface area contributed by atoms with E-state index in [-0.39, 0.29) is 5.91 Å². The van der Waals surface area contributed by atoms with Crippen molar-refractivity contribution in [2.45, 2.75) is 45.6 Å². The van der Waals surface area contributed by atoms with Crippen molar-refractivity contribution in [3.63, 3.8) is 0 Å². The fraction of sp³-hybridized carbons (Fsp3) is 0.667. The summed E-state index contributed by atoms with van der Waals surface area (Å²) in [5.41, 5.74) is 1.46. The Bertz CT molecular complexity index is 412. The minimum absolute atomic E-state index is 0.263. The Labute approximate surface area is 120 Å². The molecule has 3 nitrogen and oxygen atoms in total. The number of carbonyl (C=O) groups is 1. The third-order valence-corrected chi connectivity index (χ3v) is 4.89. The van der Waals surface area contributed by atoms with Crippen LogP contribution in [0.3, 0.4) is 0 Å². The fourth-order valence-corrected chi connectivity index (χ4v) is 3.77. The van der Waals surface area contributed by atoms with Crippen molar-refractivity contribution in [1.29, 1.82) is 0 Å². The van der Waals surface area contributed by atoms with Gasteiger partial charge in [0.15, 0.2) is 0 Å². The molecule has 1 aromatic rings. The first-order valence-electron chi connectivity index (χ1n) is 7.33. The summed E-state index contributed by atoms with van der Waals surface area (Å²) in [5, 5.41) is 5.74. The molecule has 0 aromatic carbocycles. The number of hydrogen-bond donors (Lipinski definition) is 1. The van der Waals surface area contributed by atoms with Crippen LogP contribution in [0.25, 0.3) is 0 Å². The zero-order valence-electron chi connectivity index (χ0n) is 11.9. The molecule has 1 aromatic heterocycles. The molecular formula is C15H24N2OS. The highest BCUT2D eigenvalue weighted by Crippen LogP contribution is 2.33. The van der Waals surface area contributed by atoms with Gasteiger partial charge in [-0.1, -0.05) is 0 Å². The molecule has 1 aliphatic rings. The number of thiophene rings is 1. The maximum absolute atomic E-state index is 11.9. The molecule has 1 atom stereocenters. The van der Waals surface area contributed by atoms with E-state index in [9.17, 15) is 4.79 Å². The van der Waals surface area contributed by atoms with Crippen molar-refractivity contribution < 1.29 is 4.79 Å². The minimum atomic E-state index is 0.263. The lowest BCUT2D eigenvalue weighted by Crippen LogP contribution is -2.34. The Balaban J connectivity index is 1.80.